The Balaban J connectivity index is 1.97. The maximum atomic E-state index is 6.21. The number of ether oxygens (including phenoxy) is 2. The smallest absolute Gasteiger partial charge is 0.162 e. The lowest BCUT2D eigenvalue weighted by molar-refractivity contribution is 0.171. The van der Waals surface area contributed by atoms with E-state index in [1.54, 1.807) is 0 Å². The van der Waals surface area contributed by atoms with Gasteiger partial charge in [0.1, 0.15) is 13.2 Å². The summed E-state index contributed by atoms with van der Waals surface area (Å²) in [5, 5.41) is 0.684. The Morgan fingerprint density at radius 1 is 1.19 bits per heavy atom. The van der Waals surface area contributed by atoms with Gasteiger partial charge in [0.2, 0.25) is 0 Å². The van der Waals surface area contributed by atoms with E-state index in [1.807, 2.05) is 12.1 Å². The maximum absolute atomic E-state index is 6.21. The zero-order valence-corrected chi connectivity index (χ0v) is 9.67. The predicted octanol–water partition coefficient (Wildman–Crippen LogP) is 2.52. The zero-order valence-electron chi connectivity index (χ0n) is 8.91. The molecule has 0 spiro atoms. The molecule has 86 valence electrons. The van der Waals surface area contributed by atoms with Crippen molar-refractivity contribution in [2.75, 3.05) is 13.2 Å². The minimum atomic E-state index is 0.0309. The van der Waals surface area contributed by atoms with Crippen molar-refractivity contribution in [1.82, 2.24) is 0 Å². The molecule has 2 N–H and O–H groups in total. The van der Waals surface area contributed by atoms with E-state index in [4.69, 9.17) is 26.8 Å². The summed E-state index contributed by atoms with van der Waals surface area (Å²) in [6.07, 6.45) is 2.40. The van der Waals surface area contributed by atoms with Crippen molar-refractivity contribution in [3.63, 3.8) is 0 Å². The molecule has 1 aliphatic carbocycles. The summed E-state index contributed by atoms with van der Waals surface area (Å²) in [4.78, 5) is 0. The Morgan fingerprint density at radius 3 is 2.44 bits per heavy atom. The summed E-state index contributed by atoms with van der Waals surface area (Å²) in [7, 11) is 0. The molecule has 0 radical (unpaired) electrons. The van der Waals surface area contributed by atoms with Crippen LogP contribution in [0.4, 0.5) is 0 Å². The monoisotopic (exact) mass is 239 g/mol. The molecule has 2 aliphatic rings. The van der Waals surface area contributed by atoms with Gasteiger partial charge in [-0.15, -0.1) is 0 Å². The Hall–Kier alpha value is -0.930. The van der Waals surface area contributed by atoms with Crippen molar-refractivity contribution in [3.05, 3.63) is 22.7 Å². The fourth-order valence-corrected chi connectivity index (χ4v) is 2.32. The number of benzene rings is 1. The molecule has 1 atom stereocenters. The van der Waals surface area contributed by atoms with Crippen LogP contribution in [-0.2, 0) is 0 Å². The van der Waals surface area contributed by atoms with Crippen LogP contribution in [0.2, 0.25) is 5.02 Å². The molecule has 0 amide bonds. The second kappa shape index (κ2) is 3.82. The molecule has 1 aromatic rings. The summed E-state index contributed by atoms with van der Waals surface area (Å²) < 4.78 is 11.0. The van der Waals surface area contributed by atoms with Crippen LogP contribution in [0.5, 0.6) is 11.5 Å². The van der Waals surface area contributed by atoms with E-state index in [2.05, 4.69) is 0 Å². The standard InChI is InChI=1S/C12H14ClNO2/c13-9-6-11-10(15-3-4-16-11)5-8(9)12(14)7-1-2-7/h5-7,12H,1-4,14H2. The van der Waals surface area contributed by atoms with Gasteiger partial charge in [-0.1, -0.05) is 11.6 Å². The summed E-state index contributed by atoms with van der Waals surface area (Å²) in [6, 6.07) is 3.77. The molecule has 0 bridgehead atoms. The molecule has 1 aliphatic heterocycles. The Morgan fingerprint density at radius 2 is 1.81 bits per heavy atom. The van der Waals surface area contributed by atoms with Crippen LogP contribution in [-0.4, -0.2) is 13.2 Å². The summed E-state index contributed by atoms with van der Waals surface area (Å²) in [5.74, 6) is 2.07. The summed E-state index contributed by atoms with van der Waals surface area (Å²) in [5.41, 5.74) is 7.13. The Kier molecular flexibility index (Phi) is 2.45. The first-order valence-electron chi connectivity index (χ1n) is 5.60. The second-order valence-corrected chi connectivity index (χ2v) is 4.79. The van der Waals surface area contributed by atoms with Crippen LogP contribution < -0.4 is 15.2 Å². The van der Waals surface area contributed by atoms with Gasteiger partial charge in [-0.25, -0.2) is 0 Å². The SMILES string of the molecule is NC(c1cc2c(cc1Cl)OCCO2)C1CC1. The van der Waals surface area contributed by atoms with E-state index >= 15 is 0 Å². The van der Waals surface area contributed by atoms with Gasteiger partial charge in [0.05, 0.1) is 0 Å². The lowest BCUT2D eigenvalue weighted by Crippen LogP contribution is -2.17. The summed E-state index contributed by atoms with van der Waals surface area (Å²) >= 11 is 6.21. The van der Waals surface area contributed by atoms with Crippen molar-refractivity contribution in [2.45, 2.75) is 18.9 Å². The van der Waals surface area contributed by atoms with Gasteiger partial charge < -0.3 is 15.2 Å². The van der Waals surface area contributed by atoms with E-state index in [9.17, 15) is 0 Å². The van der Waals surface area contributed by atoms with Crippen molar-refractivity contribution in [3.8, 4) is 11.5 Å². The fraction of sp³-hybridized carbons (Fsp3) is 0.500. The molecule has 1 saturated carbocycles. The topological polar surface area (TPSA) is 44.5 Å². The molecule has 16 heavy (non-hydrogen) atoms. The van der Waals surface area contributed by atoms with Crippen LogP contribution in [0.1, 0.15) is 24.4 Å². The van der Waals surface area contributed by atoms with E-state index in [-0.39, 0.29) is 6.04 Å². The number of nitrogens with two attached hydrogens (primary N) is 1. The van der Waals surface area contributed by atoms with E-state index in [0.29, 0.717) is 24.2 Å². The third-order valence-electron chi connectivity index (χ3n) is 3.15. The maximum Gasteiger partial charge on any atom is 0.162 e. The number of fused-ring (bicyclic) bond motifs is 1. The first kappa shape index (κ1) is 10.2. The minimum absolute atomic E-state index is 0.0309. The van der Waals surface area contributed by atoms with Gasteiger partial charge in [-0.2, -0.15) is 0 Å². The van der Waals surface area contributed by atoms with Gasteiger partial charge in [-0.3, -0.25) is 0 Å². The van der Waals surface area contributed by atoms with E-state index in [1.165, 1.54) is 12.8 Å². The lowest BCUT2D eigenvalue weighted by atomic mass is 10.0. The molecule has 1 heterocycles. The van der Waals surface area contributed by atoms with Gasteiger partial charge in [-0.05, 0) is 30.4 Å². The highest BCUT2D eigenvalue weighted by molar-refractivity contribution is 6.31. The van der Waals surface area contributed by atoms with Crippen LogP contribution in [0.15, 0.2) is 12.1 Å². The molecule has 0 aromatic heterocycles. The lowest BCUT2D eigenvalue weighted by Gasteiger charge is -2.21. The van der Waals surface area contributed by atoms with Gasteiger partial charge >= 0.3 is 0 Å². The number of hydrogen-bond acceptors (Lipinski definition) is 3. The van der Waals surface area contributed by atoms with Crippen LogP contribution in [0.3, 0.4) is 0 Å². The number of rotatable bonds is 2. The molecule has 1 fully saturated rings. The highest BCUT2D eigenvalue weighted by Crippen LogP contribution is 2.44. The third-order valence-corrected chi connectivity index (χ3v) is 3.48. The molecule has 0 saturated heterocycles. The molecule has 1 unspecified atom stereocenters. The number of halogens is 1. The highest BCUT2D eigenvalue weighted by atomic mass is 35.5. The average Bonchev–Trinajstić information content (AvgIpc) is 3.11. The normalized spacial score (nSPS) is 20.6. The zero-order chi connectivity index (χ0) is 11.1. The van der Waals surface area contributed by atoms with Crippen molar-refractivity contribution >= 4 is 11.6 Å². The van der Waals surface area contributed by atoms with Crippen LogP contribution in [0, 0.1) is 5.92 Å². The molecular formula is C12H14ClNO2. The summed E-state index contributed by atoms with van der Waals surface area (Å²) in [6.45, 7) is 1.17. The fourth-order valence-electron chi connectivity index (χ4n) is 2.04. The average molecular weight is 240 g/mol. The predicted molar refractivity (Wildman–Crippen MR) is 62.1 cm³/mol. The highest BCUT2D eigenvalue weighted by Gasteiger charge is 2.31. The number of hydrogen-bond donors (Lipinski definition) is 1. The van der Waals surface area contributed by atoms with Crippen molar-refractivity contribution in [2.24, 2.45) is 11.7 Å². The molecule has 3 nitrogen and oxygen atoms in total. The Bertz CT molecular complexity index is 418. The molecule has 3 rings (SSSR count). The third kappa shape index (κ3) is 1.74. The van der Waals surface area contributed by atoms with Gasteiger partial charge in [0.25, 0.3) is 0 Å². The second-order valence-electron chi connectivity index (χ2n) is 4.38. The Labute approximate surface area is 99.5 Å². The van der Waals surface area contributed by atoms with Gasteiger partial charge in [0, 0.05) is 17.1 Å². The first-order valence-corrected chi connectivity index (χ1v) is 5.98. The van der Waals surface area contributed by atoms with E-state index < -0.39 is 0 Å². The molecular weight excluding hydrogens is 226 g/mol. The molecule has 1 aromatic carbocycles. The van der Waals surface area contributed by atoms with Crippen molar-refractivity contribution < 1.29 is 9.47 Å². The van der Waals surface area contributed by atoms with Crippen LogP contribution in [0.25, 0.3) is 0 Å². The molecule has 4 heteroatoms. The largest absolute Gasteiger partial charge is 0.486 e. The van der Waals surface area contributed by atoms with Crippen LogP contribution >= 0.6 is 11.6 Å². The minimum Gasteiger partial charge on any atom is -0.486 e. The van der Waals surface area contributed by atoms with Gasteiger partial charge in [0.15, 0.2) is 11.5 Å². The van der Waals surface area contributed by atoms with E-state index in [0.717, 1.165) is 17.1 Å². The first-order chi connectivity index (χ1) is 7.75. The quantitative estimate of drug-likeness (QED) is 0.863. The van der Waals surface area contributed by atoms with Crippen molar-refractivity contribution in [1.29, 1.82) is 0 Å².